The fraction of sp³-hybridized carbons (Fsp3) is 0.462. The molecule has 2 rings (SSSR count). The summed E-state index contributed by atoms with van der Waals surface area (Å²) in [6.07, 6.45) is 1.43. The maximum atomic E-state index is 12.5. The zero-order chi connectivity index (χ0) is 14.8. The third kappa shape index (κ3) is 3.46. The maximum absolute atomic E-state index is 12.5. The van der Waals surface area contributed by atoms with E-state index < -0.39 is 11.4 Å². The van der Waals surface area contributed by atoms with Crippen LogP contribution in [0.5, 0.6) is 0 Å². The lowest BCUT2D eigenvalue weighted by molar-refractivity contribution is -0.0328. The number of alkyl halides is 3. The van der Waals surface area contributed by atoms with E-state index in [0.29, 0.717) is 13.0 Å². The number of aliphatic hydroxyl groups is 1. The zero-order valence-corrected chi connectivity index (χ0v) is 11.4. The van der Waals surface area contributed by atoms with E-state index in [4.69, 9.17) is 0 Å². The molecule has 7 heteroatoms. The first-order valence-electron chi connectivity index (χ1n) is 6.19. The average molecular weight is 305 g/mol. The fourth-order valence-electron chi connectivity index (χ4n) is 2.30. The van der Waals surface area contributed by atoms with E-state index in [1.165, 1.54) is 29.2 Å². The smallest absolute Gasteiger partial charge is 0.394 e. The molecule has 0 saturated carbocycles. The minimum atomic E-state index is -4.43. The van der Waals surface area contributed by atoms with Gasteiger partial charge in [0.2, 0.25) is 0 Å². The highest BCUT2D eigenvalue weighted by Gasteiger charge is 2.34. The standard InChI is InChI=1S/C13H14F3NO2S/c14-13(15,16)20-11-6-2-1-5-10(11)12(19)17-7-3-4-9(17)8-18/h1-2,5-6,9,18H,3-4,7-8H2/t9-/m1/s1. The number of carbonyl (C=O) groups excluding carboxylic acids is 1. The third-order valence-electron chi connectivity index (χ3n) is 3.19. The van der Waals surface area contributed by atoms with Gasteiger partial charge >= 0.3 is 5.51 Å². The van der Waals surface area contributed by atoms with E-state index in [1.54, 1.807) is 0 Å². The number of amides is 1. The number of aliphatic hydroxyl groups excluding tert-OH is 1. The predicted molar refractivity (Wildman–Crippen MR) is 69.5 cm³/mol. The molecule has 1 aliphatic heterocycles. The van der Waals surface area contributed by atoms with Crippen molar-refractivity contribution in [1.29, 1.82) is 0 Å². The Labute approximate surface area is 118 Å². The van der Waals surface area contributed by atoms with Crippen molar-refractivity contribution < 1.29 is 23.1 Å². The fourth-order valence-corrected chi connectivity index (χ4v) is 2.97. The molecule has 0 aliphatic carbocycles. The highest BCUT2D eigenvalue weighted by atomic mass is 32.2. The van der Waals surface area contributed by atoms with Gasteiger partial charge < -0.3 is 10.0 Å². The molecule has 1 amide bonds. The predicted octanol–water partition coefficient (Wildman–Crippen LogP) is 2.90. The van der Waals surface area contributed by atoms with Gasteiger partial charge in [-0.1, -0.05) is 12.1 Å². The minimum Gasteiger partial charge on any atom is -0.394 e. The van der Waals surface area contributed by atoms with Crippen LogP contribution in [0, 0.1) is 0 Å². The Morgan fingerprint density at radius 1 is 1.40 bits per heavy atom. The van der Waals surface area contributed by atoms with Crippen LogP contribution in [-0.2, 0) is 0 Å². The molecule has 1 aliphatic rings. The lowest BCUT2D eigenvalue weighted by Crippen LogP contribution is -2.37. The summed E-state index contributed by atoms with van der Waals surface area (Å²) in [6.45, 7) is 0.301. The highest BCUT2D eigenvalue weighted by Crippen LogP contribution is 2.39. The number of halogens is 3. The SMILES string of the molecule is O=C(c1ccccc1SC(F)(F)F)N1CCC[C@@H]1CO. The summed E-state index contributed by atoms with van der Waals surface area (Å²) >= 11 is -0.287. The first kappa shape index (κ1) is 15.2. The second-order valence-electron chi connectivity index (χ2n) is 4.52. The van der Waals surface area contributed by atoms with Gasteiger partial charge in [0.05, 0.1) is 18.2 Å². The van der Waals surface area contributed by atoms with Crippen molar-refractivity contribution in [2.75, 3.05) is 13.2 Å². The van der Waals surface area contributed by atoms with Gasteiger partial charge in [0.25, 0.3) is 5.91 Å². The molecule has 0 radical (unpaired) electrons. The van der Waals surface area contributed by atoms with Crippen molar-refractivity contribution in [2.45, 2.75) is 29.3 Å². The van der Waals surface area contributed by atoms with Crippen molar-refractivity contribution in [3.8, 4) is 0 Å². The van der Waals surface area contributed by atoms with Crippen LogP contribution < -0.4 is 0 Å². The molecule has 0 bridgehead atoms. The molecule has 0 spiro atoms. The number of rotatable bonds is 3. The topological polar surface area (TPSA) is 40.5 Å². The van der Waals surface area contributed by atoms with E-state index in [1.807, 2.05) is 0 Å². The monoisotopic (exact) mass is 305 g/mol. The summed E-state index contributed by atoms with van der Waals surface area (Å²) in [5.41, 5.74) is -4.40. The van der Waals surface area contributed by atoms with Crippen LogP contribution in [0.2, 0.25) is 0 Å². The number of nitrogens with zero attached hydrogens (tertiary/aromatic N) is 1. The number of hydrogen-bond donors (Lipinski definition) is 1. The Morgan fingerprint density at radius 2 is 2.10 bits per heavy atom. The summed E-state index contributed by atoms with van der Waals surface area (Å²) in [5, 5.41) is 9.21. The molecule has 0 unspecified atom stereocenters. The summed E-state index contributed by atoms with van der Waals surface area (Å²) in [4.78, 5) is 13.7. The molecular formula is C13H14F3NO2S. The second kappa shape index (κ2) is 6.05. The van der Waals surface area contributed by atoms with Gasteiger partial charge in [0.1, 0.15) is 0 Å². The van der Waals surface area contributed by atoms with Gasteiger partial charge in [-0.15, -0.1) is 0 Å². The quantitative estimate of drug-likeness (QED) is 0.873. The van der Waals surface area contributed by atoms with Crippen LogP contribution >= 0.6 is 11.8 Å². The van der Waals surface area contributed by atoms with Crippen molar-refractivity contribution in [3.63, 3.8) is 0 Å². The van der Waals surface area contributed by atoms with Crippen LogP contribution in [-0.4, -0.2) is 40.6 Å². The van der Waals surface area contributed by atoms with Gasteiger partial charge in [-0.2, -0.15) is 13.2 Å². The van der Waals surface area contributed by atoms with Crippen LogP contribution in [0.4, 0.5) is 13.2 Å². The Balaban J connectivity index is 2.26. The number of thioether (sulfide) groups is 1. The lowest BCUT2D eigenvalue weighted by atomic mass is 10.1. The molecule has 1 aromatic rings. The second-order valence-corrected chi connectivity index (χ2v) is 5.63. The Morgan fingerprint density at radius 3 is 2.75 bits per heavy atom. The van der Waals surface area contributed by atoms with Gasteiger partial charge in [0, 0.05) is 11.4 Å². The number of benzene rings is 1. The summed E-state index contributed by atoms with van der Waals surface area (Å²) in [5.74, 6) is -0.450. The summed E-state index contributed by atoms with van der Waals surface area (Å²) < 4.78 is 37.5. The Bertz CT molecular complexity index is 493. The summed E-state index contributed by atoms with van der Waals surface area (Å²) in [6, 6.07) is 5.39. The van der Waals surface area contributed by atoms with Crippen molar-refractivity contribution in [1.82, 2.24) is 4.90 Å². The molecule has 3 nitrogen and oxygen atoms in total. The van der Waals surface area contributed by atoms with Gasteiger partial charge in [-0.3, -0.25) is 4.79 Å². The van der Waals surface area contributed by atoms with E-state index in [0.717, 1.165) is 6.42 Å². The summed E-state index contributed by atoms with van der Waals surface area (Å²) in [7, 11) is 0. The van der Waals surface area contributed by atoms with Crippen molar-refractivity contribution in [3.05, 3.63) is 29.8 Å². The first-order valence-corrected chi connectivity index (χ1v) is 7.00. The normalized spacial score (nSPS) is 19.4. The highest BCUT2D eigenvalue weighted by molar-refractivity contribution is 8.00. The van der Waals surface area contributed by atoms with Gasteiger partial charge in [0.15, 0.2) is 0 Å². The molecule has 0 aromatic heterocycles. The van der Waals surface area contributed by atoms with Gasteiger partial charge in [-0.25, -0.2) is 0 Å². The van der Waals surface area contributed by atoms with Crippen molar-refractivity contribution in [2.24, 2.45) is 0 Å². The van der Waals surface area contributed by atoms with Crippen LogP contribution in [0.3, 0.4) is 0 Å². The third-order valence-corrected chi connectivity index (χ3v) is 4.00. The first-order chi connectivity index (χ1) is 9.42. The maximum Gasteiger partial charge on any atom is 0.446 e. The number of likely N-dealkylation sites (tertiary alicyclic amines) is 1. The van der Waals surface area contributed by atoms with E-state index in [2.05, 4.69) is 0 Å². The number of carbonyl (C=O) groups is 1. The lowest BCUT2D eigenvalue weighted by Gasteiger charge is -2.24. The minimum absolute atomic E-state index is 0.0372. The average Bonchev–Trinajstić information content (AvgIpc) is 2.85. The van der Waals surface area contributed by atoms with Crippen molar-refractivity contribution >= 4 is 17.7 Å². The molecule has 1 aromatic carbocycles. The molecule has 1 N–H and O–H groups in total. The van der Waals surface area contributed by atoms with E-state index in [9.17, 15) is 23.1 Å². The van der Waals surface area contributed by atoms with Crippen LogP contribution in [0.15, 0.2) is 29.2 Å². The number of hydrogen-bond acceptors (Lipinski definition) is 3. The molecule has 1 atom stereocenters. The molecule has 110 valence electrons. The largest absolute Gasteiger partial charge is 0.446 e. The zero-order valence-electron chi connectivity index (χ0n) is 10.6. The molecule has 1 heterocycles. The van der Waals surface area contributed by atoms with E-state index in [-0.39, 0.29) is 34.9 Å². The van der Waals surface area contributed by atoms with Crippen LogP contribution in [0.25, 0.3) is 0 Å². The Hall–Kier alpha value is -1.21. The Kier molecular flexibility index (Phi) is 4.59. The van der Waals surface area contributed by atoms with Gasteiger partial charge in [-0.05, 0) is 36.7 Å². The molecule has 1 fully saturated rings. The van der Waals surface area contributed by atoms with E-state index >= 15 is 0 Å². The molecular weight excluding hydrogens is 291 g/mol. The molecule has 1 saturated heterocycles. The van der Waals surface area contributed by atoms with Crippen LogP contribution in [0.1, 0.15) is 23.2 Å². The molecule has 20 heavy (non-hydrogen) atoms.